The summed E-state index contributed by atoms with van der Waals surface area (Å²) in [5, 5.41) is 2.95. The van der Waals surface area contributed by atoms with Crippen LogP contribution in [-0.2, 0) is 19.1 Å². The van der Waals surface area contributed by atoms with Crippen LogP contribution < -0.4 is 10.1 Å². The van der Waals surface area contributed by atoms with Crippen molar-refractivity contribution in [3.8, 4) is 16.9 Å². The molecule has 0 spiro atoms. The van der Waals surface area contributed by atoms with Crippen molar-refractivity contribution < 1.29 is 23.8 Å². The largest absolute Gasteiger partial charge is 0.495 e. The van der Waals surface area contributed by atoms with Crippen LogP contribution in [0.4, 0.5) is 5.69 Å². The SMILES string of the molecule is COc1cc(-c2ccccc2)c(C)cc1NC=C1C(=O)OC(C)(C)OC1=O. The molecule has 1 N–H and O–H groups in total. The second-order valence-electron chi connectivity index (χ2n) is 6.61. The molecule has 0 radical (unpaired) electrons. The zero-order chi connectivity index (χ0) is 19.6. The van der Waals surface area contributed by atoms with Crippen LogP contribution in [0.15, 0.2) is 54.2 Å². The minimum absolute atomic E-state index is 0.207. The van der Waals surface area contributed by atoms with Crippen molar-refractivity contribution in [2.75, 3.05) is 12.4 Å². The summed E-state index contributed by atoms with van der Waals surface area (Å²) in [6.45, 7) is 4.98. The average Bonchev–Trinajstić information content (AvgIpc) is 2.61. The van der Waals surface area contributed by atoms with Gasteiger partial charge in [0.05, 0.1) is 12.8 Å². The van der Waals surface area contributed by atoms with E-state index in [1.54, 1.807) is 7.11 Å². The molecule has 1 saturated heterocycles. The number of aryl methyl sites for hydroxylation is 1. The summed E-state index contributed by atoms with van der Waals surface area (Å²) in [7, 11) is 1.56. The Morgan fingerprint density at radius 1 is 1.04 bits per heavy atom. The molecule has 1 aliphatic heterocycles. The highest BCUT2D eigenvalue weighted by molar-refractivity contribution is 6.15. The number of methoxy groups -OCH3 is 1. The Morgan fingerprint density at radius 3 is 2.26 bits per heavy atom. The van der Waals surface area contributed by atoms with E-state index in [2.05, 4.69) is 5.32 Å². The third kappa shape index (κ3) is 3.95. The first-order valence-corrected chi connectivity index (χ1v) is 8.48. The van der Waals surface area contributed by atoms with Crippen molar-refractivity contribution in [1.82, 2.24) is 0 Å². The molecule has 3 rings (SSSR count). The van der Waals surface area contributed by atoms with Crippen molar-refractivity contribution in [2.24, 2.45) is 0 Å². The van der Waals surface area contributed by atoms with Crippen molar-refractivity contribution in [3.05, 3.63) is 59.8 Å². The van der Waals surface area contributed by atoms with Gasteiger partial charge < -0.3 is 19.5 Å². The minimum atomic E-state index is -1.27. The standard InChI is InChI=1S/C21H21NO5/c1-13-10-17(18(25-4)11-15(13)14-8-6-5-7-9-14)22-12-16-19(23)26-21(2,3)27-20(16)24/h5-12,22H,1-4H3. The molecule has 0 atom stereocenters. The summed E-state index contributed by atoms with van der Waals surface area (Å²) in [5.41, 5.74) is 3.52. The molecule has 0 amide bonds. The Hall–Kier alpha value is -3.28. The van der Waals surface area contributed by atoms with Crippen molar-refractivity contribution >= 4 is 17.6 Å². The number of hydrogen-bond acceptors (Lipinski definition) is 6. The van der Waals surface area contributed by atoms with Crippen LogP contribution in [0.2, 0.25) is 0 Å². The maximum Gasteiger partial charge on any atom is 0.350 e. The highest BCUT2D eigenvalue weighted by atomic mass is 16.7. The molecular formula is C21H21NO5. The number of cyclic esters (lactones) is 2. The first kappa shape index (κ1) is 18.5. The van der Waals surface area contributed by atoms with Gasteiger partial charge in [-0.2, -0.15) is 0 Å². The molecule has 0 saturated carbocycles. The number of ether oxygens (including phenoxy) is 3. The van der Waals surface area contributed by atoms with Crippen LogP contribution in [0.1, 0.15) is 19.4 Å². The van der Waals surface area contributed by atoms with Gasteiger partial charge in [0.2, 0.25) is 0 Å². The van der Waals surface area contributed by atoms with Crippen LogP contribution in [0, 0.1) is 6.92 Å². The lowest BCUT2D eigenvalue weighted by atomic mass is 9.99. The molecule has 2 aromatic rings. The smallest absolute Gasteiger partial charge is 0.350 e. The topological polar surface area (TPSA) is 73.9 Å². The summed E-state index contributed by atoms with van der Waals surface area (Å²) in [6.07, 6.45) is 1.28. The molecule has 1 aliphatic rings. The van der Waals surface area contributed by atoms with Crippen LogP contribution in [-0.4, -0.2) is 24.8 Å². The zero-order valence-electron chi connectivity index (χ0n) is 15.7. The summed E-state index contributed by atoms with van der Waals surface area (Å²) < 4.78 is 15.6. The van der Waals surface area contributed by atoms with Gasteiger partial charge in [-0.15, -0.1) is 0 Å². The number of esters is 2. The van der Waals surface area contributed by atoms with Crippen LogP contribution in [0.25, 0.3) is 11.1 Å². The zero-order valence-corrected chi connectivity index (χ0v) is 15.7. The third-order valence-electron chi connectivity index (χ3n) is 4.12. The van der Waals surface area contributed by atoms with E-state index in [-0.39, 0.29) is 5.57 Å². The minimum Gasteiger partial charge on any atom is -0.495 e. The van der Waals surface area contributed by atoms with E-state index in [1.165, 1.54) is 20.0 Å². The highest BCUT2D eigenvalue weighted by Crippen LogP contribution is 2.34. The number of carbonyl (C=O) groups excluding carboxylic acids is 2. The van der Waals surface area contributed by atoms with Gasteiger partial charge in [0.15, 0.2) is 5.57 Å². The van der Waals surface area contributed by atoms with Crippen LogP contribution in [0.5, 0.6) is 5.75 Å². The van der Waals surface area contributed by atoms with E-state index in [0.717, 1.165) is 16.7 Å². The number of nitrogens with one attached hydrogen (secondary N) is 1. The van der Waals surface area contributed by atoms with Gasteiger partial charge in [0, 0.05) is 20.0 Å². The Balaban J connectivity index is 1.91. The number of anilines is 1. The van der Waals surface area contributed by atoms with Gasteiger partial charge in [0.25, 0.3) is 5.79 Å². The summed E-state index contributed by atoms with van der Waals surface area (Å²) in [5.74, 6) is -2.16. The first-order chi connectivity index (χ1) is 12.8. The van der Waals surface area contributed by atoms with Gasteiger partial charge in [-0.3, -0.25) is 0 Å². The number of benzene rings is 2. The first-order valence-electron chi connectivity index (χ1n) is 8.48. The Bertz CT molecular complexity index is 894. The highest BCUT2D eigenvalue weighted by Gasteiger charge is 2.39. The van der Waals surface area contributed by atoms with E-state index in [1.807, 2.05) is 49.4 Å². The molecule has 6 nitrogen and oxygen atoms in total. The Kier molecular flexibility index (Phi) is 4.90. The summed E-state index contributed by atoms with van der Waals surface area (Å²) in [4.78, 5) is 24.1. The lowest BCUT2D eigenvalue weighted by molar-refractivity contribution is -0.222. The lowest BCUT2D eigenvalue weighted by Gasteiger charge is -2.29. The van der Waals surface area contributed by atoms with Crippen molar-refractivity contribution in [1.29, 1.82) is 0 Å². The molecule has 140 valence electrons. The molecular weight excluding hydrogens is 346 g/mol. The molecule has 0 bridgehead atoms. The van der Waals surface area contributed by atoms with Gasteiger partial charge >= 0.3 is 11.9 Å². The van der Waals surface area contributed by atoms with Gasteiger partial charge in [0.1, 0.15) is 5.75 Å². The number of carbonyl (C=O) groups is 2. The molecule has 27 heavy (non-hydrogen) atoms. The molecule has 6 heteroatoms. The van der Waals surface area contributed by atoms with Crippen LogP contribution >= 0.6 is 0 Å². The second kappa shape index (κ2) is 7.15. The lowest BCUT2D eigenvalue weighted by Crippen LogP contribution is -2.42. The predicted octanol–water partition coefficient (Wildman–Crippen LogP) is 3.80. The Labute approximate surface area is 157 Å². The maximum absolute atomic E-state index is 12.0. The van der Waals surface area contributed by atoms with Crippen molar-refractivity contribution in [3.63, 3.8) is 0 Å². The van der Waals surface area contributed by atoms with Crippen molar-refractivity contribution in [2.45, 2.75) is 26.6 Å². The predicted molar refractivity (Wildman–Crippen MR) is 101 cm³/mol. The van der Waals surface area contributed by atoms with Gasteiger partial charge in [-0.25, -0.2) is 9.59 Å². The van der Waals surface area contributed by atoms with Gasteiger partial charge in [-0.05, 0) is 35.7 Å². The van der Waals surface area contributed by atoms with E-state index < -0.39 is 17.7 Å². The van der Waals surface area contributed by atoms with Crippen LogP contribution in [0.3, 0.4) is 0 Å². The second-order valence-corrected chi connectivity index (χ2v) is 6.61. The molecule has 0 unspecified atom stereocenters. The molecule has 2 aromatic carbocycles. The van der Waals surface area contributed by atoms with E-state index >= 15 is 0 Å². The quantitative estimate of drug-likeness (QED) is 0.503. The average molecular weight is 367 g/mol. The monoisotopic (exact) mass is 367 g/mol. The molecule has 1 fully saturated rings. The summed E-state index contributed by atoms with van der Waals surface area (Å²) >= 11 is 0. The molecule has 0 aliphatic carbocycles. The third-order valence-corrected chi connectivity index (χ3v) is 4.12. The molecule has 1 heterocycles. The Morgan fingerprint density at radius 2 is 1.67 bits per heavy atom. The van der Waals surface area contributed by atoms with E-state index in [4.69, 9.17) is 14.2 Å². The number of rotatable bonds is 4. The van der Waals surface area contributed by atoms with E-state index in [0.29, 0.717) is 11.4 Å². The fourth-order valence-electron chi connectivity index (χ4n) is 2.83. The maximum atomic E-state index is 12.0. The normalized spacial score (nSPS) is 15.6. The fourth-order valence-corrected chi connectivity index (χ4v) is 2.83. The van der Waals surface area contributed by atoms with E-state index in [9.17, 15) is 9.59 Å². The fraction of sp³-hybridized carbons (Fsp3) is 0.238. The number of hydrogen-bond donors (Lipinski definition) is 1. The molecule has 0 aromatic heterocycles. The van der Waals surface area contributed by atoms with Gasteiger partial charge in [-0.1, -0.05) is 30.3 Å². The summed E-state index contributed by atoms with van der Waals surface area (Å²) in [6, 6.07) is 13.7.